The average Bonchev–Trinajstić information content (AvgIpc) is 3.26. The van der Waals surface area contributed by atoms with Gasteiger partial charge in [-0.3, -0.25) is 14.3 Å². The molecular weight excluding hydrogens is 492 g/mol. The van der Waals surface area contributed by atoms with Crippen molar-refractivity contribution in [2.45, 2.75) is 38.6 Å². The minimum absolute atomic E-state index is 0.0460. The number of fused-ring (bicyclic) bond motifs is 1. The number of hydrogen-bond acceptors (Lipinski definition) is 4. The Morgan fingerprint density at radius 1 is 1.03 bits per heavy atom. The molecule has 0 aliphatic carbocycles. The second kappa shape index (κ2) is 10.6. The van der Waals surface area contributed by atoms with Crippen LogP contribution in [0.5, 0.6) is 5.75 Å². The molecule has 9 heteroatoms. The maximum Gasteiger partial charge on any atom is 0.242 e. The number of nitrogens with one attached hydrogen (secondary N) is 1. The standard InChI is InChI=1S/C28H29F2N3O3Si/c1-36-21-11-9-18(10-12-21)28(32-27(35)17-33-24-8-6-5-7-19(24)16-31-33)25(34)14-20-13-23(30)26(15-22(20)29)37(2,3)4/h5-13,15-16,28H,14,17H2,1-4H3,(H,32,35). The predicted octanol–water partition coefficient (Wildman–Crippen LogP) is 4.54. The van der Waals surface area contributed by atoms with Gasteiger partial charge in [0.1, 0.15) is 30.0 Å². The van der Waals surface area contributed by atoms with Gasteiger partial charge < -0.3 is 10.1 Å². The van der Waals surface area contributed by atoms with Crippen LogP contribution in [-0.2, 0) is 22.6 Å². The van der Waals surface area contributed by atoms with E-state index in [-0.39, 0.29) is 18.5 Å². The zero-order valence-corrected chi connectivity index (χ0v) is 22.2. The molecule has 0 aliphatic rings. The smallest absolute Gasteiger partial charge is 0.242 e. The summed E-state index contributed by atoms with van der Waals surface area (Å²) in [5.74, 6) is -1.47. The van der Waals surface area contributed by atoms with E-state index in [1.165, 1.54) is 13.2 Å². The van der Waals surface area contributed by atoms with Crippen LogP contribution in [0.15, 0.2) is 66.9 Å². The van der Waals surface area contributed by atoms with Crippen LogP contribution in [0.4, 0.5) is 8.78 Å². The first-order valence-electron chi connectivity index (χ1n) is 11.9. The number of nitrogens with zero attached hydrogens (tertiary/aromatic N) is 2. The van der Waals surface area contributed by atoms with Crippen molar-refractivity contribution in [3.05, 3.63) is 89.6 Å². The van der Waals surface area contributed by atoms with Crippen LogP contribution in [-0.4, -0.2) is 36.7 Å². The molecule has 0 saturated heterocycles. The second-order valence-electron chi connectivity index (χ2n) is 9.95. The number of para-hydroxylation sites is 1. The van der Waals surface area contributed by atoms with Crippen LogP contribution in [0.1, 0.15) is 17.2 Å². The number of benzene rings is 3. The van der Waals surface area contributed by atoms with Gasteiger partial charge in [-0.2, -0.15) is 5.10 Å². The van der Waals surface area contributed by atoms with E-state index in [9.17, 15) is 18.4 Å². The Kier molecular flexibility index (Phi) is 7.54. The van der Waals surface area contributed by atoms with Crippen LogP contribution in [0, 0.1) is 11.6 Å². The third-order valence-electron chi connectivity index (χ3n) is 6.23. The Balaban J connectivity index is 1.60. The van der Waals surface area contributed by atoms with Gasteiger partial charge in [0.25, 0.3) is 0 Å². The maximum atomic E-state index is 14.9. The number of rotatable bonds is 9. The van der Waals surface area contributed by atoms with Gasteiger partial charge in [-0.15, -0.1) is 0 Å². The van der Waals surface area contributed by atoms with E-state index in [1.54, 1.807) is 35.1 Å². The van der Waals surface area contributed by atoms with Crippen molar-refractivity contribution in [3.8, 4) is 5.75 Å². The van der Waals surface area contributed by atoms with Gasteiger partial charge in [-0.05, 0) is 46.6 Å². The Morgan fingerprint density at radius 3 is 2.41 bits per heavy atom. The summed E-state index contributed by atoms with van der Waals surface area (Å²) in [6.07, 6.45) is 1.28. The fraction of sp³-hybridized carbons (Fsp3) is 0.250. The lowest BCUT2D eigenvalue weighted by molar-refractivity contribution is -0.128. The summed E-state index contributed by atoms with van der Waals surface area (Å²) < 4.78 is 36.5. The van der Waals surface area contributed by atoms with E-state index in [1.807, 2.05) is 43.9 Å². The summed E-state index contributed by atoms with van der Waals surface area (Å²) in [5.41, 5.74) is 1.24. The van der Waals surface area contributed by atoms with Crippen molar-refractivity contribution in [3.63, 3.8) is 0 Å². The van der Waals surface area contributed by atoms with E-state index in [2.05, 4.69) is 10.4 Å². The summed E-state index contributed by atoms with van der Waals surface area (Å²) >= 11 is 0. The van der Waals surface area contributed by atoms with Gasteiger partial charge in [0.15, 0.2) is 5.78 Å². The summed E-state index contributed by atoms with van der Waals surface area (Å²) in [4.78, 5) is 26.4. The van der Waals surface area contributed by atoms with Gasteiger partial charge in [0.05, 0.1) is 26.9 Å². The van der Waals surface area contributed by atoms with Crippen LogP contribution >= 0.6 is 0 Å². The fourth-order valence-electron chi connectivity index (χ4n) is 4.23. The quantitative estimate of drug-likeness (QED) is 0.328. The molecule has 192 valence electrons. The fourth-order valence-corrected chi connectivity index (χ4v) is 5.58. The van der Waals surface area contributed by atoms with Crippen LogP contribution in [0.3, 0.4) is 0 Å². The Labute approximate surface area is 215 Å². The predicted molar refractivity (Wildman–Crippen MR) is 142 cm³/mol. The lowest BCUT2D eigenvalue weighted by Crippen LogP contribution is -2.40. The van der Waals surface area contributed by atoms with Gasteiger partial charge in [0.2, 0.25) is 5.91 Å². The molecule has 0 fully saturated rings. The van der Waals surface area contributed by atoms with Crippen molar-refractivity contribution >= 4 is 35.9 Å². The summed E-state index contributed by atoms with van der Waals surface area (Å²) in [5, 5.41) is 8.28. The number of hydrogen-bond donors (Lipinski definition) is 1. The Hall–Kier alpha value is -3.85. The molecule has 1 atom stereocenters. The second-order valence-corrected chi connectivity index (χ2v) is 15.0. The topological polar surface area (TPSA) is 73.2 Å². The Bertz CT molecular complexity index is 1450. The van der Waals surface area contributed by atoms with Crippen LogP contribution in [0.2, 0.25) is 19.6 Å². The van der Waals surface area contributed by atoms with E-state index >= 15 is 0 Å². The number of aromatic nitrogens is 2. The highest BCUT2D eigenvalue weighted by Crippen LogP contribution is 2.22. The van der Waals surface area contributed by atoms with Crippen molar-refractivity contribution in [2.75, 3.05) is 7.11 Å². The van der Waals surface area contributed by atoms with Crippen molar-refractivity contribution in [1.82, 2.24) is 15.1 Å². The van der Waals surface area contributed by atoms with Crippen molar-refractivity contribution < 1.29 is 23.1 Å². The van der Waals surface area contributed by atoms with E-state index in [0.717, 1.165) is 17.0 Å². The number of halogens is 2. The van der Waals surface area contributed by atoms with E-state index < -0.39 is 37.4 Å². The molecule has 0 bridgehead atoms. The Morgan fingerprint density at radius 2 is 1.73 bits per heavy atom. The summed E-state index contributed by atoms with van der Waals surface area (Å²) in [6.45, 7) is 5.66. The van der Waals surface area contributed by atoms with Gasteiger partial charge in [-0.25, -0.2) is 8.78 Å². The molecule has 4 rings (SSSR count). The van der Waals surface area contributed by atoms with Gasteiger partial charge in [-0.1, -0.05) is 50.0 Å². The molecule has 37 heavy (non-hydrogen) atoms. The molecule has 1 amide bonds. The maximum absolute atomic E-state index is 14.9. The lowest BCUT2D eigenvalue weighted by atomic mass is 9.97. The third kappa shape index (κ3) is 5.94. The highest BCUT2D eigenvalue weighted by Gasteiger charge is 2.27. The first-order chi connectivity index (χ1) is 17.6. The lowest BCUT2D eigenvalue weighted by Gasteiger charge is -2.21. The minimum Gasteiger partial charge on any atom is -0.497 e. The third-order valence-corrected chi connectivity index (χ3v) is 8.23. The van der Waals surface area contributed by atoms with E-state index in [4.69, 9.17) is 4.74 Å². The number of carbonyl (C=O) groups is 2. The number of carbonyl (C=O) groups excluding carboxylic acids is 2. The summed E-state index contributed by atoms with van der Waals surface area (Å²) in [7, 11) is -0.583. The molecule has 0 saturated carbocycles. The van der Waals surface area contributed by atoms with Crippen LogP contribution < -0.4 is 15.2 Å². The molecule has 6 nitrogen and oxygen atoms in total. The number of Topliss-reactive ketones (excluding diaryl/α,β-unsaturated/α-hetero) is 1. The first kappa shape index (κ1) is 26.2. The molecule has 1 unspecified atom stereocenters. The highest BCUT2D eigenvalue weighted by molar-refractivity contribution is 6.88. The number of amides is 1. The van der Waals surface area contributed by atoms with Gasteiger partial charge in [0, 0.05) is 11.8 Å². The summed E-state index contributed by atoms with van der Waals surface area (Å²) in [6, 6.07) is 15.4. The molecule has 1 heterocycles. The first-order valence-corrected chi connectivity index (χ1v) is 15.4. The molecule has 1 N–H and O–H groups in total. The normalized spacial score (nSPS) is 12.4. The molecule has 1 aromatic heterocycles. The van der Waals surface area contributed by atoms with Crippen LogP contribution in [0.25, 0.3) is 10.9 Å². The van der Waals surface area contributed by atoms with Gasteiger partial charge >= 0.3 is 0 Å². The number of methoxy groups -OCH3 is 1. The molecule has 3 aromatic carbocycles. The largest absolute Gasteiger partial charge is 0.497 e. The molecule has 0 radical (unpaired) electrons. The number of ketones is 1. The molecule has 0 aliphatic heterocycles. The van der Waals surface area contributed by atoms with E-state index in [0.29, 0.717) is 16.5 Å². The molecular formula is C28H29F2N3O3Si. The van der Waals surface area contributed by atoms with Crippen molar-refractivity contribution in [1.29, 1.82) is 0 Å². The number of ether oxygens (including phenoxy) is 1. The minimum atomic E-state index is -2.11. The molecule has 0 spiro atoms. The monoisotopic (exact) mass is 521 g/mol. The SMILES string of the molecule is COc1ccc(C(NC(=O)Cn2ncc3ccccc32)C(=O)Cc2cc(F)c([Si](C)(C)C)cc2F)cc1. The zero-order chi connectivity index (χ0) is 26.7. The average molecular weight is 522 g/mol. The molecule has 4 aromatic rings. The highest BCUT2D eigenvalue weighted by atomic mass is 28.3. The van der Waals surface area contributed by atoms with Crippen molar-refractivity contribution in [2.24, 2.45) is 0 Å². The zero-order valence-electron chi connectivity index (χ0n) is 21.2.